The lowest BCUT2D eigenvalue weighted by atomic mass is 10.2. The van der Waals surface area contributed by atoms with Crippen LogP contribution < -0.4 is 5.43 Å². The quantitative estimate of drug-likeness (QED) is 0.632. The number of halogens is 1. The Kier molecular flexibility index (Phi) is 6.16. The molecule has 0 atom stereocenters. The first-order chi connectivity index (χ1) is 11.4. The van der Waals surface area contributed by atoms with Gasteiger partial charge in [-0.1, -0.05) is 11.6 Å². The molecule has 2 rings (SSSR count). The van der Waals surface area contributed by atoms with Crippen LogP contribution in [0.5, 0.6) is 5.75 Å². The van der Waals surface area contributed by atoms with Gasteiger partial charge in [-0.25, -0.2) is 5.43 Å². The molecule has 7 nitrogen and oxygen atoms in total. The fourth-order valence-corrected chi connectivity index (χ4v) is 2.49. The Morgan fingerprint density at radius 1 is 1.29 bits per heavy atom. The van der Waals surface area contributed by atoms with Crippen molar-refractivity contribution >= 4 is 29.1 Å². The standard InChI is InChI=1S/C16H21ClN4O3/c1-11(9-15(23)21-7-5-20(2)6-8-21)18-19-16(24)13-10-12(17)3-4-14(13)22/h3-4,10,22H,5-9H2,1-2H3,(H,19,24)/b18-11+. The number of amides is 2. The molecule has 0 spiro atoms. The summed E-state index contributed by atoms with van der Waals surface area (Å²) in [6, 6.07) is 4.17. The molecule has 0 saturated carbocycles. The number of phenolic OH excluding ortho intramolecular Hbond substituents is 1. The van der Waals surface area contributed by atoms with Gasteiger partial charge in [0, 0.05) is 36.9 Å². The molecule has 130 valence electrons. The monoisotopic (exact) mass is 352 g/mol. The van der Waals surface area contributed by atoms with E-state index in [-0.39, 0.29) is 23.6 Å². The first-order valence-electron chi connectivity index (χ1n) is 7.65. The van der Waals surface area contributed by atoms with Crippen molar-refractivity contribution in [3.05, 3.63) is 28.8 Å². The zero-order valence-electron chi connectivity index (χ0n) is 13.8. The number of phenols is 1. The first-order valence-corrected chi connectivity index (χ1v) is 8.03. The summed E-state index contributed by atoms with van der Waals surface area (Å²) in [5.74, 6) is -0.774. The van der Waals surface area contributed by atoms with E-state index in [0.29, 0.717) is 23.8 Å². The fraction of sp³-hybridized carbons (Fsp3) is 0.438. The number of aromatic hydroxyl groups is 1. The van der Waals surface area contributed by atoms with Crippen molar-refractivity contribution in [2.45, 2.75) is 13.3 Å². The number of nitrogens with one attached hydrogen (secondary N) is 1. The van der Waals surface area contributed by atoms with Gasteiger partial charge in [-0.05, 0) is 32.2 Å². The van der Waals surface area contributed by atoms with Gasteiger partial charge in [0.1, 0.15) is 5.75 Å². The third-order valence-corrected chi connectivity index (χ3v) is 4.05. The predicted octanol–water partition coefficient (Wildman–Crippen LogP) is 1.32. The maximum atomic E-state index is 12.2. The molecule has 1 fully saturated rings. The number of carbonyl (C=O) groups is 2. The van der Waals surface area contributed by atoms with Crippen molar-refractivity contribution in [1.29, 1.82) is 0 Å². The largest absolute Gasteiger partial charge is 0.507 e. The van der Waals surface area contributed by atoms with Gasteiger partial charge < -0.3 is 14.9 Å². The molecule has 1 aliphatic rings. The second-order valence-electron chi connectivity index (χ2n) is 5.81. The van der Waals surface area contributed by atoms with Crippen molar-refractivity contribution in [2.75, 3.05) is 33.2 Å². The molecule has 0 unspecified atom stereocenters. The molecule has 2 N–H and O–H groups in total. The molecule has 1 aliphatic heterocycles. The van der Waals surface area contributed by atoms with Crippen LogP contribution in [0.1, 0.15) is 23.7 Å². The van der Waals surface area contributed by atoms with Crippen LogP contribution in [-0.4, -0.2) is 65.7 Å². The van der Waals surface area contributed by atoms with Gasteiger partial charge in [-0.15, -0.1) is 0 Å². The van der Waals surface area contributed by atoms with Gasteiger partial charge in [0.15, 0.2) is 0 Å². The van der Waals surface area contributed by atoms with E-state index in [1.165, 1.54) is 18.2 Å². The van der Waals surface area contributed by atoms with Crippen LogP contribution in [0.4, 0.5) is 0 Å². The number of hydrazone groups is 1. The normalized spacial score (nSPS) is 16.1. The molecule has 1 heterocycles. The lowest BCUT2D eigenvalue weighted by Gasteiger charge is -2.32. The van der Waals surface area contributed by atoms with Gasteiger partial charge in [-0.2, -0.15) is 5.10 Å². The van der Waals surface area contributed by atoms with E-state index in [1.54, 1.807) is 11.8 Å². The Morgan fingerprint density at radius 2 is 1.96 bits per heavy atom. The molecular formula is C16H21ClN4O3. The van der Waals surface area contributed by atoms with E-state index in [0.717, 1.165) is 13.1 Å². The summed E-state index contributed by atoms with van der Waals surface area (Å²) < 4.78 is 0. The molecule has 1 aromatic carbocycles. The van der Waals surface area contributed by atoms with Gasteiger partial charge in [-0.3, -0.25) is 9.59 Å². The number of hydrogen-bond acceptors (Lipinski definition) is 5. The molecule has 0 aliphatic carbocycles. The second-order valence-corrected chi connectivity index (χ2v) is 6.25. The van der Waals surface area contributed by atoms with E-state index < -0.39 is 5.91 Å². The minimum atomic E-state index is -0.582. The topological polar surface area (TPSA) is 85.2 Å². The van der Waals surface area contributed by atoms with E-state index >= 15 is 0 Å². The zero-order chi connectivity index (χ0) is 17.7. The average Bonchev–Trinajstić information content (AvgIpc) is 2.55. The molecule has 2 amide bonds. The molecule has 24 heavy (non-hydrogen) atoms. The van der Waals surface area contributed by atoms with Crippen molar-refractivity contribution in [3.63, 3.8) is 0 Å². The smallest absolute Gasteiger partial charge is 0.275 e. The van der Waals surface area contributed by atoms with Gasteiger partial charge >= 0.3 is 0 Å². The number of nitrogens with zero attached hydrogens (tertiary/aromatic N) is 3. The Hall–Kier alpha value is -2.12. The van der Waals surface area contributed by atoms with E-state index in [4.69, 9.17) is 11.6 Å². The Balaban J connectivity index is 1.90. The molecule has 0 radical (unpaired) electrons. The SMILES string of the molecule is C/C(CC(=O)N1CCN(C)CC1)=N\NC(=O)c1cc(Cl)ccc1O. The van der Waals surface area contributed by atoms with Gasteiger partial charge in [0.25, 0.3) is 5.91 Å². The first kappa shape index (κ1) is 18.2. The predicted molar refractivity (Wildman–Crippen MR) is 92.4 cm³/mol. The van der Waals surface area contributed by atoms with Crippen molar-refractivity contribution in [3.8, 4) is 5.75 Å². The van der Waals surface area contributed by atoms with Crippen LogP contribution >= 0.6 is 11.6 Å². The second kappa shape index (κ2) is 8.12. The van der Waals surface area contributed by atoms with Crippen molar-refractivity contribution < 1.29 is 14.7 Å². The molecule has 0 aromatic heterocycles. The summed E-state index contributed by atoms with van der Waals surface area (Å²) in [4.78, 5) is 28.2. The Bertz CT molecular complexity index is 655. The number of piperazine rings is 1. The summed E-state index contributed by atoms with van der Waals surface area (Å²) in [6.07, 6.45) is 0.144. The number of hydrogen-bond donors (Lipinski definition) is 2. The summed E-state index contributed by atoms with van der Waals surface area (Å²) in [7, 11) is 2.02. The maximum Gasteiger partial charge on any atom is 0.275 e. The minimum absolute atomic E-state index is 0.01000. The lowest BCUT2D eigenvalue weighted by molar-refractivity contribution is -0.131. The molecule has 0 bridgehead atoms. The van der Waals surface area contributed by atoms with Crippen LogP contribution in [0.3, 0.4) is 0 Å². The van der Waals surface area contributed by atoms with Crippen LogP contribution in [0, 0.1) is 0 Å². The highest BCUT2D eigenvalue weighted by Crippen LogP contribution is 2.21. The summed E-state index contributed by atoms with van der Waals surface area (Å²) >= 11 is 5.81. The zero-order valence-corrected chi connectivity index (χ0v) is 14.5. The van der Waals surface area contributed by atoms with E-state index in [9.17, 15) is 14.7 Å². The lowest BCUT2D eigenvalue weighted by Crippen LogP contribution is -2.47. The van der Waals surface area contributed by atoms with E-state index in [1.807, 2.05) is 7.05 Å². The number of likely N-dealkylation sites (N-methyl/N-ethyl adjacent to an activating group) is 1. The molecule has 8 heteroatoms. The minimum Gasteiger partial charge on any atom is -0.507 e. The highest BCUT2D eigenvalue weighted by molar-refractivity contribution is 6.31. The Labute approximate surface area is 145 Å². The molecule has 1 aromatic rings. The number of rotatable bonds is 4. The third-order valence-electron chi connectivity index (χ3n) is 3.81. The van der Waals surface area contributed by atoms with Crippen molar-refractivity contribution in [1.82, 2.24) is 15.2 Å². The van der Waals surface area contributed by atoms with Crippen molar-refractivity contribution in [2.24, 2.45) is 5.10 Å². The van der Waals surface area contributed by atoms with Gasteiger partial charge in [0.2, 0.25) is 5.91 Å². The maximum absolute atomic E-state index is 12.2. The third kappa shape index (κ3) is 4.94. The van der Waals surface area contributed by atoms with Crippen LogP contribution in [-0.2, 0) is 4.79 Å². The summed E-state index contributed by atoms with van der Waals surface area (Å²) in [6.45, 7) is 4.78. The molecule has 1 saturated heterocycles. The Morgan fingerprint density at radius 3 is 2.62 bits per heavy atom. The number of benzene rings is 1. The van der Waals surface area contributed by atoms with Crippen LogP contribution in [0.15, 0.2) is 23.3 Å². The summed E-state index contributed by atoms with van der Waals surface area (Å²) in [5.41, 5.74) is 2.86. The van der Waals surface area contributed by atoms with Crippen LogP contribution in [0.2, 0.25) is 5.02 Å². The highest BCUT2D eigenvalue weighted by atomic mass is 35.5. The summed E-state index contributed by atoms with van der Waals surface area (Å²) in [5, 5.41) is 13.9. The average molecular weight is 353 g/mol. The molecular weight excluding hydrogens is 332 g/mol. The van der Waals surface area contributed by atoms with E-state index in [2.05, 4.69) is 15.4 Å². The number of carbonyl (C=O) groups excluding carboxylic acids is 2. The van der Waals surface area contributed by atoms with Crippen LogP contribution in [0.25, 0.3) is 0 Å². The van der Waals surface area contributed by atoms with Gasteiger partial charge in [0.05, 0.1) is 12.0 Å². The highest BCUT2D eigenvalue weighted by Gasteiger charge is 2.19. The fourth-order valence-electron chi connectivity index (χ4n) is 2.32.